The maximum Gasteiger partial charge on any atom is 0.253 e. The molecule has 18 heavy (non-hydrogen) atoms. The molecule has 0 aliphatic heterocycles. The van der Waals surface area contributed by atoms with Gasteiger partial charge in [-0.2, -0.15) is 4.39 Å². The number of nitrogens with one attached hydrogen (secondary N) is 1. The molecule has 0 saturated heterocycles. The fourth-order valence-electron chi connectivity index (χ4n) is 1.50. The number of rotatable bonds is 3. The SMILES string of the molecule is CC(NC(=O)c1ccc(F)nc1)c1ccccn1. The van der Waals surface area contributed by atoms with Gasteiger partial charge in [0.15, 0.2) is 0 Å². The molecule has 1 atom stereocenters. The van der Waals surface area contributed by atoms with Crippen molar-refractivity contribution in [1.82, 2.24) is 15.3 Å². The molecule has 0 aromatic carbocycles. The van der Waals surface area contributed by atoms with E-state index in [0.717, 1.165) is 11.8 Å². The van der Waals surface area contributed by atoms with Gasteiger partial charge in [-0.3, -0.25) is 9.78 Å². The smallest absolute Gasteiger partial charge is 0.253 e. The summed E-state index contributed by atoms with van der Waals surface area (Å²) in [7, 11) is 0. The first-order valence-electron chi connectivity index (χ1n) is 5.50. The summed E-state index contributed by atoms with van der Waals surface area (Å²) in [6.45, 7) is 1.83. The molecule has 1 amide bonds. The molecule has 0 aliphatic rings. The van der Waals surface area contributed by atoms with E-state index in [1.807, 2.05) is 25.1 Å². The zero-order valence-electron chi connectivity index (χ0n) is 9.80. The van der Waals surface area contributed by atoms with E-state index in [2.05, 4.69) is 15.3 Å². The number of hydrogen-bond acceptors (Lipinski definition) is 3. The molecule has 0 bridgehead atoms. The summed E-state index contributed by atoms with van der Waals surface area (Å²) in [5.41, 5.74) is 1.08. The molecule has 5 heteroatoms. The first-order chi connectivity index (χ1) is 8.66. The van der Waals surface area contributed by atoms with Crippen LogP contribution >= 0.6 is 0 Å². The number of carbonyl (C=O) groups excluding carboxylic acids is 1. The van der Waals surface area contributed by atoms with Gasteiger partial charge >= 0.3 is 0 Å². The minimum absolute atomic E-state index is 0.219. The Morgan fingerprint density at radius 2 is 2.11 bits per heavy atom. The van der Waals surface area contributed by atoms with Gasteiger partial charge < -0.3 is 5.32 Å². The van der Waals surface area contributed by atoms with Crippen molar-refractivity contribution in [1.29, 1.82) is 0 Å². The van der Waals surface area contributed by atoms with Crippen LogP contribution in [0.15, 0.2) is 42.7 Å². The number of amides is 1. The van der Waals surface area contributed by atoms with E-state index in [1.54, 1.807) is 6.20 Å². The third-order valence-corrected chi connectivity index (χ3v) is 2.47. The van der Waals surface area contributed by atoms with Gasteiger partial charge in [0.1, 0.15) is 0 Å². The molecule has 2 aromatic heterocycles. The van der Waals surface area contributed by atoms with Crippen molar-refractivity contribution in [3.05, 3.63) is 59.9 Å². The highest BCUT2D eigenvalue weighted by Gasteiger charge is 2.12. The van der Waals surface area contributed by atoms with Crippen LogP contribution in [-0.4, -0.2) is 15.9 Å². The molecular weight excluding hydrogens is 233 g/mol. The molecule has 0 radical (unpaired) electrons. The van der Waals surface area contributed by atoms with E-state index in [1.165, 1.54) is 12.3 Å². The quantitative estimate of drug-likeness (QED) is 0.842. The summed E-state index contributed by atoms with van der Waals surface area (Å²) >= 11 is 0. The molecule has 0 saturated carbocycles. The molecule has 92 valence electrons. The molecule has 2 rings (SSSR count). The predicted molar refractivity (Wildman–Crippen MR) is 64.3 cm³/mol. The minimum atomic E-state index is -0.607. The Hall–Kier alpha value is -2.30. The van der Waals surface area contributed by atoms with Gasteiger partial charge in [-0.05, 0) is 31.2 Å². The monoisotopic (exact) mass is 245 g/mol. The number of halogens is 1. The molecule has 0 fully saturated rings. The number of hydrogen-bond donors (Lipinski definition) is 1. The largest absolute Gasteiger partial charge is 0.344 e. The van der Waals surface area contributed by atoms with E-state index >= 15 is 0 Å². The Kier molecular flexibility index (Phi) is 3.62. The van der Waals surface area contributed by atoms with Crippen LogP contribution in [0, 0.1) is 5.95 Å². The molecule has 1 unspecified atom stereocenters. The maximum absolute atomic E-state index is 12.6. The molecule has 4 nitrogen and oxygen atoms in total. The second kappa shape index (κ2) is 5.35. The van der Waals surface area contributed by atoms with Gasteiger partial charge in [0.05, 0.1) is 17.3 Å². The lowest BCUT2D eigenvalue weighted by Gasteiger charge is -2.12. The van der Waals surface area contributed by atoms with E-state index in [9.17, 15) is 9.18 Å². The van der Waals surface area contributed by atoms with Crippen LogP contribution in [-0.2, 0) is 0 Å². The first-order valence-corrected chi connectivity index (χ1v) is 5.50. The van der Waals surface area contributed by atoms with Gasteiger partial charge in [0.25, 0.3) is 5.91 Å². The van der Waals surface area contributed by atoms with E-state index < -0.39 is 5.95 Å². The maximum atomic E-state index is 12.6. The van der Waals surface area contributed by atoms with Gasteiger partial charge in [0.2, 0.25) is 5.95 Å². The van der Waals surface area contributed by atoms with Crippen molar-refractivity contribution >= 4 is 5.91 Å². The fraction of sp³-hybridized carbons (Fsp3) is 0.154. The van der Waals surface area contributed by atoms with Crippen molar-refractivity contribution in [3.63, 3.8) is 0 Å². The summed E-state index contributed by atoms with van der Waals surface area (Å²) < 4.78 is 12.6. The van der Waals surface area contributed by atoms with Gasteiger partial charge in [-0.1, -0.05) is 6.07 Å². The Morgan fingerprint density at radius 3 is 2.72 bits per heavy atom. The molecule has 1 N–H and O–H groups in total. The van der Waals surface area contributed by atoms with Crippen LogP contribution in [0.4, 0.5) is 4.39 Å². The van der Waals surface area contributed by atoms with Gasteiger partial charge in [-0.15, -0.1) is 0 Å². The standard InChI is InChI=1S/C13H12FN3O/c1-9(11-4-2-3-7-15-11)17-13(18)10-5-6-12(14)16-8-10/h2-9H,1H3,(H,17,18). The van der Waals surface area contributed by atoms with Crippen molar-refractivity contribution in [2.24, 2.45) is 0 Å². The lowest BCUT2D eigenvalue weighted by Crippen LogP contribution is -2.27. The Morgan fingerprint density at radius 1 is 1.28 bits per heavy atom. The molecule has 0 spiro atoms. The number of pyridine rings is 2. The van der Waals surface area contributed by atoms with E-state index in [0.29, 0.717) is 5.56 Å². The highest BCUT2D eigenvalue weighted by atomic mass is 19.1. The van der Waals surface area contributed by atoms with Crippen LogP contribution in [0.1, 0.15) is 29.0 Å². The van der Waals surface area contributed by atoms with Crippen molar-refractivity contribution < 1.29 is 9.18 Å². The third kappa shape index (κ3) is 2.88. The first kappa shape index (κ1) is 12.2. The topological polar surface area (TPSA) is 54.9 Å². The van der Waals surface area contributed by atoms with Crippen LogP contribution in [0.25, 0.3) is 0 Å². The fourth-order valence-corrected chi connectivity index (χ4v) is 1.50. The van der Waals surface area contributed by atoms with Crippen molar-refractivity contribution in [2.45, 2.75) is 13.0 Å². The Balaban J connectivity index is 2.06. The Bertz CT molecular complexity index is 528. The molecule has 2 aromatic rings. The highest BCUT2D eigenvalue weighted by Crippen LogP contribution is 2.09. The average molecular weight is 245 g/mol. The zero-order chi connectivity index (χ0) is 13.0. The number of nitrogens with zero attached hydrogens (tertiary/aromatic N) is 2. The predicted octanol–water partition coefficient (Wildman–Crippen LogP) is 2.11. The average Bonchev–Trinajstić information content (AvgIpc) is 2.40. The lowest BCUT2D eigenvalue weighted by molar-refractivity contribution is 0.0938. The van der Waals surface area contributed by atoms with Crippen molar-refractivity contribution in [2.75, 3.05) is 0 Å². The summed E-state index contributed by atoms with van der Waals surface area (Å²) in [6, 6.07) is 7.81. The lowest BCUT2D eigenvalue weighted by atomic mass is 10.2. The Labute approximate surface area is 104 Å². The van der Waals surface area contributed by atoms with Crippen LogP contribution < -0.4 is 5.32 Å². The third-order valence-electron chi connectivity index (χ3n) is 2.47. The number of carbonyl (C=O) groups is 1. The van der Waals surface area contributed by atoms with Gasteiger partial charge in [0, 0.05) is 12.4 Å². The summed E-state index contributed by atoms with van der Waals surface area (Å²) in [6.07, 6.45) is 2.87. The van der Waals surface area contributed by atoms with Crippen molar-refractivity contribution in [3.8, 4) is 0 Å². The molecular formula is C13H12FN3O. The summed E-state index contributed by atoms with van der Waals surface area (Å²) in [5.74, 6) is -0.912. The van der Waals surface area contributed by atoms with Crippen LogP contribution in [0.5, 0.6) is 0 Å². The summed E-state index contributed by atoms with van der Waals surface area (Å²) in [5, 5.41) is 2.77. The minimum Gasteiger partial charge on any atom is -0.344 e. The second-order valence-electron chi connectivity index (χ2n) is 3.82. The van der Waals surface area contributed by atoms with Crippen LogP contribution in [0.3, 0.4) is 0 Å². The normalized spacial score (nSPS) is 11.9. The van der Waals surface area contributed by atoms with Crippen LogP contribution in [0.2, 0.25) is 0 Å². The molecule has 2 heterocycles. The van der Waals surface area contributed by atoms with Gasteiger partial charge in [-0.25, -0.2) is 4.98 Å². The summed E-state index contributed by atoms with van der Waals surface area (Å²) in [4.78, 5) is 19.4. The highest BCUT2D eigenvalue weighted by molar-refractivity contribution is 5.94. The van der Waals surface area contributed by atoms with E-state index in [4.69, 9.17) is 0 Å². The second-order valence-corrected chi connectivity index (χ2v) is 3.82. The zero-order valence-corrected chi connectivity index (χ0v) is 9.80. The number of aromatic nitrogens is 2. The molecule has 0 aliphatic carbocycles. The van der Waals surface area contributed by atoms with E-state index in [-0.39, 0.29) is 11.9 Å².